The van der Waals surface area contributed by atoms with E-state index in [2.05, 4.69) is 22.4 Å². The molecular weight excluding hydrogens is 226 g/mol. The lowest BCUT2D eigenvalue weighted by Gasteiger charge is -2.10. The molecule has 1 unspecified atom stereocenters. The number of aromatic nitrogens is 2. The number of aromatic amines is 1. The Morgan fingerprint density at radius 2 is 2.11 bits per heavy atom. The number of nitrogens with zero attached hydrogens (tertiary/aromatic N) is 1. The van der Waals surface area contributed by atoms with Crippen molar-refractivity contribution in [3.63, 3.8) is 0 Å². The van der Waals surface area contributed by atoms with Crippen molar-refractivity contribution in [2.75, 3.05) is 6.61 Å². The molecule has 96 valence electrons. The van der Waals surface area contributed by atoms with Crippen molar-refractivity contribution >= 4 is 0 Å². The number of H-pyrrole nitrogens is 1. The van der Waals surface area contributed by atoms with Crippen molar-refractivity contribution < 1.29 is 5.11 Å². The van der Waals surface area contributed by atoms with Gasteiger partial charge < -0.3 is 10.4 Å². The van der Waals surface area contributed by atoms with Gasteiger partial charge in [-0.05, 0) is 19.4 Å². The van der Waals surface area contributed by atoms with Gasteiger partial charge in [0.1, 0.15) is 0 Å². The van der Waals surface area contributed by atoms with E-state index in [9.17, 15) is 0 Å². The molecule has 1 aromatic heterocycles. The van der Waals surface area contributed by atoms with E-state index < -0.39 is 0 Å². The summed E-state index contributed by atoms with van der Waals surface area (Å²) in [6.07, 6.45) is 0.764. The molecule has 0 fully saturated rings. The zero-order chi connectivity index (χ0) is 12.8. The average Bonchev–Trinajstić information content (AvgIpc) is 2.87. The van der Waals surface area contributed by atoms with Gasteiger partial charge in [-0.1, -0.05) is 30.3 Å². The molecule has 4 nitrogen and oxygen atoms in total. The normalized spacial score (nSPS) is 12.6. The van der Waals surface area contributed by atoms with E-state index in [1.54, 1.807) is 0 Å². The Bertz CT molecular complexity index is 467. The molecule has 0 saturated heterocycles. The van der Waals surface area contributed by atoms with Crippen LogP contribution in [0.15, 0.2) is 36.4 Å². The van der Waals surface area contributed by atoms with E-state index in [-0.39, 0.29) is 6.61 Å². The number of aliphatic hydroxyl groups is 1. The molecule has 0 radical (unpaired) electrons. The molecular formula is C14H19N3O. The summed E-state index contributed by atoms with van der Waals surface area (Å²) in [5, 5.41) is 19.5. The molecule has 0 bridgehead atoms. The first kappa shape index (κ1) is 12.8. The number of rotatable bonds is 6. The van der Waals surface area contributed by atoms with Crippen LogP contribution in [0.3, 0.4) is 0 Å². The van der Waals surface area contributed by atoms with Crippen molar-refractivity contribution in [3.05, 3.63) is 42.1 Å². The predicted octanol–water partition coefficient (Wildman–Crippen LogP) is 1.94. The summed E-state index contributed by atoms with van der Waals surface area (Å²) in [7, 11) is 0. The minimum absolute atomic E-state index is 0.215. The molecule has 1 aromatic carbocycles. The summed E-state index contributed by atoms with van der Waals surface area (Å²) in [6.45, 7) is 3.01. The number of aliphatic hydroxyl groups excluding tert-OH is 1. The Morgan fingerprint density at radius 3 is 2.83 bits per heavy atom. The van der Waals surface area contributed by atoms with E-state index in [0.717, 1.165) is 29.9 Å². The first-order valence-electron chi connectivity index (χ1n) is 6.23. The first-order chi connectivity index (χ1) is 8.79. The molecule has 1 heterocycles. The highest BCUT2D eigenvalue weighted by Crippen LogP contribution is 2.16. The Balaban J connectivity index is 1.95. The maximum atomic E-state index is 8.83. The summed E-state index contributed by atoms with van der Waals surface area (Å²) < 4.78 is 0. The lowest BCUT2D eigenvalue weighted by atomic mass is 10.1. The van der Waals surface area contributed by atoms with Crippen molar-refractivity contribution in [1.82, 2.24) is 15.5 Å². The first-order valence-corrected chi connectivity index (χ1v) is 6.23. The van der Waals surface area contributed by atoms with Gasteiger partial charge in [0.25, 0.3) is 0 Å². The van der Waals surface area contributed by atoms with Crippen LogP contribution in [0.5, 0.6) is 0 Å². The molecule has 1 atom stereocenters. The zero-order valence-electron chi connectivity index (χ0n) is 10.6. The summed E-state index contributed by atoms with van der Waals surface area (Å²) in [4.78, 5) is 0. The molecule has 0 aliphatic heterocycles. The predicted molar refractivity (Wildman–Crippen MR) is 72.0 cm³/mol. The van der Waals surface area contributed by atoms with Gasteiger partial charge in [0.05, 0.1) is 5.69 Å². The second kappa shape index (κ2) is 6.33. The number of hydrogen-bond acceptors (Lipinski definition) is 3. The summed E-state index contributed by atoms with van der Waals surface area (Å²) in [6, 6.07) is 12.4. The van der Waals surface area contributed by atoms with E-state index in [0.29, 0.717) is 6.04 Å². The molecule has 3 N–H and O–H groups in total. The fourth-order valence-corrected chi connectivity index (χ4v) is 1.79. The lowest BCUT2D eigenvalue weighted by Crippen LogP contribution is -2.26. The Kier molecular flexibility index (Phi) is 4.50. The Hall–Kier alpha value is -1.65. The number of nitrogens with one attached hydrogen (secondary N) is 2. The van der Waals surface area contributed by atoms with E-state index in [4.69, 9.17) is 5.11 Å². The zero-order valence-corrected chi connectivity index (χ0v) is 10.6. The van der Waals surface area contributed by atoms with Crippen LogP contribution in [0.25, 0.3) is 11.3 Å². The average molecular weight is 245 g/mol. The minimum Gasteiger partial charge on any atom is -0.396 e. The highest BCUT2D eigenvalue weighted by atomic mass is 16.3. The third-order valence-electron chi connectivity index (χ3n) is 2.90. The second-order valence-electron chi connectivity index (χ2n) is 4.44. The molecule has 0 spiro atoms. The van der Waals surface area contributed by atoms with Gasteiger partial charge in [-0.2, -0.15) is 5.10 Å². The fourth-order valence-electron chi connectivity index (χ4n) is 1.79. The molecule has 0 amide bonds. The summed E-state index contributed by atoms with van der Waals surface area (Å²) in [5.41, 5.74) is 3.13. The molecule has 4 heteroatoms. The quantitative estimate of drug-likeness (QED) is 0.729. The monoisotopic (exact) mass is 245 g/mol. The van der Waals surface area contributed by atoms with Gasteiger partial charge in [0.15, 0.2) is 0 Å². The van der Waals surface area contributed by atoms with Crippen molar-refractivity contribution in [3.8, 4) is 11.3 Å². The standard InChI is InChI=1S/C14H19N3O/c1-11(7-8-18)15-10-13-9-14(17-16-13)12-5-3-2-4-6-12/h2-6,9,11,15,18H,7-8,10H2,1H3,(H,16,17). The molecule has 0 saturated carbocycles. The Morgan fingerprint density at radius 1 is 1.33 bits per heavy atom. The van der Waals surface area contributed by atoms with Gasteiger partial charge in [0.2, 0.25) is 0 Å². The van der Waals surface area contributed by atoms with Gasteiger partial charge in [-0.25, -0.2) is 0 Å². The second-order valence-corrected chi connectivity index (χ2v) is 4.44. The van der Waals surface area contributed by atoms with E-state index in [1.165, 1.54) is 0 Å². The van der Waals surface area contributed by atoms with Crippen molar-refractivity contribution in [2.45, 2.75) is 25.9 Å². The van der Waals surface area contributed by atoms with Gasteiger partial charge in [-0.15, -0.1) is 0 Å². The third-order valence-corrected chi connectivity index (χ3v) is 2.90. The van der Waals surface area contributed by atoms with Crippen LogP contribution in [0.2, 0.25) is 0 Å². The van der Waals surface area contributed by atoms with Gasteiger partial charge >= 0.3 is 0 Å². The molecule has 2 rings (SSSR count). The summed E-state index contributed by atoms with van der Waals surface area (Å²) >= 11 is 0. The highest BCUT2D eigenvalue weighted by molar-refractivity contribution is 5.58. The van der Waals surface area contributed by atoms with Gasteiger partial charge in [-0.3, -0.25) is 5.10 Å². The van der Waals surface area contributed by atoms with Crippen molar-refractivity contribution in [2.24, 2.45) is 0 Å². The molecule has 0 aliphatic carbocycles. The maximum absolute atomic E-state index is 8.83. The topological polar surface area (TPSA) is 60.9 Å². The number of hydrogen-bond donors (Lipinski definition) is 3. The fraction of sp³-hybridized carbons (Fsp3) is 0.357. The molecule has 2 aromatic rings. The maximum Gasteiger partial charge on any atom is 0.0924 e. The van der Waals surface area contributed by atoms with E-state index in [1.807, 2.05) is 36.4 Å². The van der Waals surface area contributed by atoms with E-state index >= 15 is 0 Å². The largest absolute Gasteiger partial charge is 0.396 e. The van der Waals surface area contributed by atoms with Crippen molar-refractivity contribution in [1.29, 1.82) is 0 Å². The third kappa shape index (κ3) is 3.42. The molecule has 0 aliphatic rings. The van der Waals surface area contributed by atoms with Gasteiger partial charge in [0, 0.05) is 30.5 Å². The SMILES string of the molecule is CC(CCO)NCc1cc(-c2ccccc2)n[nH]1. The van der Waals surface area contributed by atoms with Crippen LogP contribution in [0.4, 0.5) is 0 Å². The van der Waals surface area contributed by atoms with Crippen LogP contribution in [0, 0.1) is 0 Å². The Labute approximate surface area is 107 Å². The summed E-state index contributed by atoms with van der Waals surface area (Å²) in [5.74, 6) is 0. The van der Waals surface area contributed by atoms with Crippen LogP contribution in [-0.4, -0.2) is 28.0 Å². The smallest absolute Gasteiger partial charge is 0.0924 e. The molecule has 18 heavy (non-hydrogen) atoms. The van der Waals surface area contributed by atoms with Crippen LogP contribution < -0.4 is 5.32 Å². The lowest BCUT2D eigenvalue weighted by molar-refractivity contribution is 0.268. The number of benzene rings is 1. The van der Waals surface area contributed by atoms with Crippen LogP contribution >= 0.6 is 0 Å². The van der Waals surface area contributed by atoms with Crippen LogP contribution in [-0.2, 0) is 6.54 Å². The highest BCUT2D eigenvalue weighted by Gasteiger charge is 2.05. The minimum atomic E-state index is 0.215. The van der Waals surface area contributed by atoms with Crippen LogP contribution in [0.1, 0.15) is 19.0 Å².